The Morgan fingerprint density at radius 2 is 1.67 bits per heavy atom. The van der Waals surface area contributed by atoms with Gasteiger partial charge in [-0.25, -0.2) is 9.18 Å². The van der Waals surface area contributed by atoms with Crippen molar-refractivity contribution in [2.75, 3.05) is 56.5 Å². The highest BCUT2D eigenvalue weighted by atomic mass is 19.4. The number of carbonyl (C=O) groups excluding carboxylic acids is 2. The largest absolute Gasteiger partial charge is 0.417 e. The van der Waals surface area contributed by atoms with Gasteiger partial charge >= 0.3 is 12.2 Å². The smallest absolute Gasteiger partial charge is 0.367 e. The quantitative estimate of drug-likeness (QED) is 0.498. The van der Waals surface area contributed by atoms with E-state index < -0.39 is 34.6 Å². The van der Waals surface area contributed by atoms with Crippen molar-refractivity contribution in [3.05, 3.63) is 63.3 Å². The number of likely N-dealkylation sites (N-methyl/N-ethyl adjacent to an activating group) is 1. The maximum atomic E-state index is 15.8. The van der Waals surface area contributed by atoms with Gasteiger partial charge in [0, 0.05) is 69.2 Å². The Balaban J connectivity index is 1.50. The van der Waals surface area contributed by atoms with Crippen LogP contribution in [0.25, 0.3) is 5.57 Å². The average Bonchev–Trinajstić information content (AvgIpc) is 3.51. The fourth-order valence-corrected chi connectivity index (χ4v) is 6.05. The molecule has 13 heteroatoms. The van der Waals surface area contributed by atoms with Crippen LogP contribution in [0.4, 0.5) is 33.7 Å². The van der Waals surface area contributed by atoms with Gasteiger partial charge in [0.2, 0.25) is 5.56 Å². The Kier molecular flexibility index (Phi) is 8.55. The first-order valence-corrected chi connectivity index (χ1v) is 14.5. The van der Waals surface area contributed by atoms with Gasteiger partial charge in [-0.2, -0.15) is 13.2 Å². The zero-order valence-electron chi connectivity index (χ0n) is 24.4. The Morgan fingerprint density at radius 3 is 2.28 bits per heavy atom. The predicted molar refractivity (Wildman–Crippen MR) is 156 cm³/mol. The van der Waals surface area contributed by atoms with Crippen LogP contribution < -0.4 is 15.8 Å². The molecule has 9 nitrogen and oxygen atoms in total. The number of aromatic nitrogens is 1. The number of pyridine rings is 1. The summed E-state index contributed by atoms with van der Waals surface area (Å²) in [6.07, 6.45) is -0.0946. The first kappa shape index (κ1) is 30.6. The van der Waals surface area contributed by atoms with E-state index in [0.717, 1.165) is 32.1 Å². The summed E-state index contributed by atoms with van der Waals surface area (Å²) < 4.78 is 57.0. The lowest BCUT2D eigenvalue weighted by molar-refractivity contribution is -0.138. The summed E-state index contributed by atoms with van der Waals surface area (Å²) in [5.41, 5.74) is -1.75. The van der Waals surface area contributed by atoms with Crippen molar-refractivity contribution in [1.82, 2.24) is 19.7 Å². The molecule has 2 N–H and O–H groups in total. The Bertz CT molecular complexity index is 1470. The van der Waals surface area contributed by atoms with E-state index in [1.54, 1.807) is 11.0 Å². The highest BCUT2D eigenvalue weighted by Gasteiger charge is 2.36. The van der Waals surface area contributed by atoms with Crippen molar-refractivity contribution >= 4 is 28.9 Å². The van der Waals surface area contributed by atoms with Gasteiger partial charge in [0.25, 0.3) is 5.91 Å². The molecule has 1 aromatic carbocycles. The number of amides is 3. The van der Waals surface area contributed by atoms with Gasteiger partial charge in [0.15, 0.2) is 0 Å². The molecule has 0 spiro atoms. The fourth-order valence-electron chi connectivity index (χ4n) is 6.05. The van der Waals surface area contributed by atoms with Gasteiger partial charge < -0.3 is 25.0 Å². The summed E-state index contributed by atoms with van der Waals surface area (Å²) in [6, 6.07) is 3.25. The summed E-state index contributed by atoms with van der Waals surface area (Å²) in [6.45, 7) is 7.18. The number of likely N-dealkylation sites (tertiary alicyclic amines) is 1. The lowest BCUT2D eigenvalue weighted by atomic mass is 9.97. The van der Waals surface area contributed by atoms with Crippen LogP contribution in [0.15, 0.2) is 35.3 Å². The van der Waals surface area contributed by atoms with Gasteiger partial charge in [-0.3, -0.25) is 14.5 Å². The number of piperazine rings is 1. The number of nitrogens with one attached hydrogen (secondary N) is 2. The van der Waals surface area contributed by atoms with Gasteiger partial charge in [0.05, 0.1) is 22.5 Å². The minimum absolute atomic E-state index is 0.0451. The minimum Gasteiger partial charge on any atom is -0.367 e. The number of hydrogen-bond donors (Lipinski definition) is 2. The molecular weight excluding hydrogens is 568 g/mol. The molecule has 3 aliphatic heterocycles. The zero-order chi connectivity index (χ0) is 31.1. The van der Waals surface area contributed by atoms with Crippen LogP contribution in [-0.2, 0) is 6.18 Å². The molecule has 3 amide bonds. The fraction of sp³-hybridized carbons (Fsp3) is 0.500. The second-order valence-corrected chi connectivity index (χ2v) is 11.6. The molecule has 43 heavy (non-hydrogen) atoms. The topological polar surface area (TPSA) is 92.0 Å². The van der Waals surface area contributed by atoms with Crippen molar-refractivity contribution in [1.29, 1.82) is 0 Å². The molecule has 0 bridgehead atoms. The van der Waals surface area contributed by atoms with E-state index in [4.69, 9.17) is 0 Å². The van der Waals surface area contributed by atoms with Gasteiger partial charge in [-0.05, 0) is 57.9 Å². The number of halogens is 4. The third-order valence-corrected chi connectivity index (χ3v) is 8.71. The summed E-state index contributed by atoms with van der Waals surface area (Å²) in [7, 11) is 1.99. The lowest BCUT2D eigenvalue weighted by Gasteiger charge is -2.44. The molecule has 4 heterocycles. The summed E-state index contributed by atoms with van der Waals surface area (Å²) in [5, 5.41) is 2.59. The van der Waals surface area contributed by atoms with Crippen LogP contribution in [0.5, 0.6) is 0 Å². The molecule has 2 unspecified atom stereocenters. The number of hydrogen-bond acceptors (Lipinski definition) is 5. The van der Waals surface area contributed by atoms with Crippen molar-refractivity contribution in [2.45, 2.75) is 51.4 Å². The number of alkyl halides is 3. The monoisotopic (exact) mass is 604 g/mol. The number of aromatic amines is 1. The molecule has 0 aliphatic carbocycles. The van der Waals surface area contributed by atoms with Crippen LogP contribution in [0.2, 0.25) is 0 Å². The molecule has 5 rings (SSSR count). The molecule has 3 aliphatic rings. The number of benzene rings is 1. The maximum absolute atomic E-state index is 15.8. The lowest BCUT2D eigenvalue weighted by Crippen LogP contribution is -2.55. The standard InChI is InChI=1S/C30H36F4N6O3/c1-18-16-40(17-19(2)37(18)3)26-14-24(31)21(20-6-10-39(11-7-20)29(43)38-8-4-5-9-38)12-25(26)36-28(42)22-15-35-27(41)13-23(22)30(32,33)34/h6,12-15,18-19H,4-5,7-11,16-17H2,1-3H3,(H,35,41)(H,36,42). The average molecular weight is 605 g/mol. The molecular formula is C30H36F4N6O3. The van der Waals surface area contributed by atoms with Crippen LogP contribution in [0.3, 0.4) is 0 Å². The third-order valence-electron chi connectivity index (χ3n) is 8.71. The third kappa shape index (κ3) is 6.41. The second-order valence-electron chi connectivity index (χ2n) is 11.6. The van der Waals surface area contributed by atoms with Crippen LogP contribution in [0.1, 0.15) is 54.6 Å². The number of carbonyl (C=O) groups is 2. The van der Waals surface area contributed by atoms with E-state index in [1.165, 1.54) is 12.1 Å². The van der Waals surface area contributed by atoms with E-state index in [-0.39, 0.29) is 29.4 Å². The Labute approximate surface area is 247 Å². The van der Waals surface area contributed by atoms with E-state index in [0.29, 0.717) is 49.9 Å². The minimum atomic E-state index is -4.94. The molecule has 232 valence electrons. The normalized spacial score (nSPS) is 21.7. The number of urea groups is 1. The number of rotatable bonds is 4. The van der Waals surface area contributed by atoms with Crippen molar-refractivity contribution < 1.29 is 27.2 Å². The van der Waals surface area contributed by atoms with E-state index in [1.807, 2.05) is 30.7 Å². The second kappa shape index (κ2) is 12.0. The number of H-pyrrole nitrogens is 1. The highest BCUT2D eigenvalue weighted by Crippen LogP contribution is 2.37. The van der Waals surface area contributed by atoms with Crippen molar-refractivity contribution in [3.63, 3.8) is 0 Å². The van der Waals surface area contributed by atoms with Gasteiger partial charge in [-0.15, -0.1) is 0 Å². The van der Waals surface area contributed by atoms with Crippen molar-refractivity contribution in [3.8, 4) is 0 Å². The zero-order valence-corrected chi connectivity index (χ0v) is 24.4. The molecule has 2 saturated heterocycles. The summed E-state index contributed by atoms with van der Waals surface area (Å²) >= 11 is 0. The highest BCUT2D eigenvalue weighted by molar-refractivity contribution is 6.07. The van der Waals surface area contributed by atoms with Crippen molar-refractivity contribution in [2.24, 2.45) is 0 Å². The van der Waals surface area contributed by atoms with Crippen LogP contribution >= 0.6 is 0 Å². The summed E-state index contributed by atoms with van der Waals surface area (Å²) in [5.74, 6) is -1.62. The Morgan fingerprint density at radius 1 is 1.00 bits per heavy atom. The van der Waals surface area contributed by atoms with Gasteiger partial charge in [0.1, 0.15) is 5.82 Å². The van der Waals surface area contributed by atoms with Crippen LogP contribution in [-0.4, -0.2) is 90.0 Å². The van der Waals surface area contributed by atoms with E-state index in [2.05, 4.69) is 15.2 Å². The van der Waals surface area contributed by atoms with E-state index in [9.17, 15) is 27.6 Å². The Hall–Kier alpha value is -3.87. The number of nitrogens with zero attached hydrogens (tertiary/aromatic N) is 4. The first-order valence-electron chi connectivity index (χ1n) is 14.5. The first-order chi connectivity index (χ1) is 20.3. The van der Waals surface area contributed by atoms with Crippen LogP contribution in [0, 0.1) is 5.82 Å². The molecule has 0 saturated carbocycles. The molecule has 1 aromatic heterocycles. The maximum Gasteiger partial charge on any atom is 0.417 e. The molecule has 2 fully saturated rings. The summed E-state index contributed by atoms with van der Waals surface area (Å²) in [4.78, 5) is 47.5. The molecule has 2 atom stereocenters. The van der Waals surface area contributed by atoms with E-state index >= 15 is 4.39 Å². The SMILES string of the molecule is CC1CN(c2cc(F)c(C3=CCN(C(=O)N4CCCC4)CC3)cc2NC(=O)c2c[nH]c(=O)cc2C(F)(F)F)CC(C)N1C. The molecule has 0 radical (unpaired) electrons. The number of anilines is 2. The molecule has 2 aromatic rings. The predicted octanol–water partition coefficient (Wildman–Crippen LogP) is 4.62. The van der Waals surface area contributed by atoms with Gasteiger partial charge in [-0.1, -0.05) is 6.08 Å².